The average Bonchev–Trinajstić information content (AvgIpc) is 2.38. The molecule has 0 fully saturated rings. The van der Waals surface area contributed by atoms with Gasteiger partial charge in [-0.25, -0.2) is 4.39 Å². The van der Waals surface area contributed by atoms with Crippen molar-refractivity contribution in [3.63, 3.8) is 0 Å². The molecule has 0 aliphatic carbocycles. The molecular formula is C16H25FN2. The van der Waals surface area contributed by atoms with Crippen molar-refractivity contribution in [2.24, 2.45) is 0 Å². The molecule has 0 aromatic heterocycles. The van der Waals surface area contributed by atoms with Crippen molar-refractivity contribution >= 4 is 5.69 Å². The number of nitrogens with zero attached hydrogens (tertiary/aromatic N) is 2. The van der Waals surface area contributed by atoms with E-state index in [9.17, 15) is 4.39 Å². The van der Waals surface area contributed by atoms with Crippen LogP contribution in [-0.4, -0.2) is 31.6 Å². The first-order chi connectivity index (χ1) is 9.08. The highest BCUT2D eigenvalue weighted by molar-refractivity contribution is 5.58. The van der Waals surface area contributed by atoms with Crippen LogP contribution in [0.1, 0.15) is 44.7 Å². The molecule has 0 amide bonds. The summed E-state index contributed by atoms with van der Waals surface area (Å²) in [4.78, 5) is 4.68. The average molecular weight is 264 g/mol. The van der Waals surface area contributed by atoms with Crippen LogP contribution in [0, 0.1) is 5.82 Å². The zero-order valence-electron chi connectivity index (χ0n) is 12.5. The maximum atomic E-state index is 13.6. The molecule has 0 bridgehead atoms. The second kappa shape index (κ2) is 5.91. The molecule has 1 aliphatic rings. The van der Waals surface area contributed by atoms with E-state index in [1.807, 2.05) is 6.07 Å². The van der Waals surface area contributed by atoms with Crippen molar-refractivity contribution in [3.05, 3.63) is 29.6 Å². The summed E-state index contributed by atoms with van der Waals surface area (Å²) in [5.74, 6) is -0.128. The Hall–Kier alpha value is -1.09. The molecule has 3 heteroatoms. The van der Waals surface area contributed by atoms with E-state index in [4.69, 9.17) is 0 Å². The van der Waals surface area contributed by atoms with Crippen LogP contribution in [0.5, 0.6) is 0 Å². The summed E-state index contributed by atoms with van der Waals surface area (Å²) in [6.45, 7) is 5.50. The van der Waals surface area contributed by atoms with Crippen LogP contribution in [0.15, 0.2) is 18.2 Å². The molecule has 0 saturated carbocycles. The molecule has 0 spiro atoms. The monoisotopic (exact) mass is 264 g/mol. The fraction of sp³-hybridized carbons (Fsp3) is 0.625. The Morgan fingerprint density at radius 3 is 2.63 bits per heavy atom. The Kier molecular flexibility index (Phi) is 4.46. The number of hydrogen-bond acceptors (Lipinski definition) is 2. The second-order valence-electron chi connectivity index (χ2n) is 5.67. The Labute approximate surface area is 116 Å². The van der Waals surface area contributed by atoms with Gasteiger partial charge in [0, 0.05) is 24.3 Å². The number of fused-ring (bicyclic) bond motifs is 1. The fourth-order valence-electron chi connectivity index (χ4n) is 3.18. The van der Waals surface area contributed by atoms with Gasteiger partial charge in [-0.05, 0) is 57.1 Å². The fourth-order valence-corrected chi connectivity index (χ4v) is 3.18. The van der Waals surface area contributed by atoms with Crippen LogP contribution in [0.2, 0.25) is 0 Å². The van der Waals surface area contributed by atoms with E-state index >= 15 is 0 Å². The topological polar surface area (TPSA) is 6.48 Å². The maximum absolute atomic E-state index is 13.6. The first-order valence-corrected chi connectivity index (χ1v) is 7.31. The lowest BCUT2D eigenvalue weighted by molar-refractivity contribution is 0.251. The first kappa shape index (κ1) is 14.3. The molecule has 1 aliphatic heterocycles. The van der Waals surface area contributed by atoms with Crippen molar-refractivity contribution in [2.45, 2.75) is 45.2 Å². The largest absolute Gasteiger partial charge is 0.368 e. The quantitative estimate of drug-likeness (QED) is 0.815. The molecule has 1 aromatic carbocycles. The molecule has 0 unspecified atom stereocenters. The van der Waals surface area contributed by atoms with Crippen molar-refractivity contribution in [2.75, 3.05) is 25.5 Å². The number of halogens is 1. The summed E-state index contributed by atoms with van der Waals surface area (Å²) in [7, 11) is 4.17. The zero-order valence-corrected chi connectivity index (χ0v) is 12.5. The van der Waals surface area contributed by atoms with Crippen LogP contribution in [-0.2, 0) is 0 Å². The van der Waals surface area contributed by atoms with Crippen LogP contribution in [0.25, 0.3) is 0 Å². The molecule has 106 valence electrons. The molecule has 2 rings (SSSR count). The van der Waals surface area contributed by atoms with Crippen LogP contribution >= 0.6 is 0 Å². The van der Waals surface area contributed by atoms with Gasteiger partial charge in [-0.15, -0.1) is 0 Å². The third-order valence-corrected chi connectivity index (χ3v) is 4.15. The molecule has 2 atom stereocenters. The van der Waals surface area contributed by atoms with E-state index in [-0.39, 0.29) is 5.82 Å². The standard InChI is InChI=1S/C16H25FN2/c1-5-9-19-13(6-2)11-16(18(3)4)14-10-12(17)7-8-15(14)19/h7-8,10,13,16H,5-6,9,11H2,1-4H3/t13-,16+/m1/s1. The summed E-state index contributed by atoms with van der Waals surface area (Å²) >= 11 is 0. The van der Waals surface area contributed by atoms with Crippen LogP contribution < -0.4 is 4.90 Å². The first-order valence-electron chi connectivity index (χ1n) is 7.31. The van der Waals surface area contributed by atoms with E-state index in [2.05, 4.69) is 37.7 Å². The number of rotatable bonds is 4. The van der Waals surface area contributed by atoms with Gasteiger partial charge in [0.25, 0.3) is 0 Å². The molecule has 0 saturated heterocycles. The maximum Gasteiger partial charge on any atom is 0.123 e. The lowest BCUT2D eigenvalue weighted by Gasteiger charge is -2.44. The number of benzene rings is 1. The highest BCUT2D eigenvalue weighted by Crippen LogP contribution is 2.40. The van der Waals surface area contributed by atoms with Gasteiger partial charge in [0.15, 0.2) is 0 Å². The van der Waals surface area contributed by atoms with Crippen molar-refractivity contribution in [3.8, 4) is 0 Å². The minimum absolute atomic E-state index is 0.128. The highest BCUT2D eigenvalue weighted by atomic mass is 19.1. The highest BCUT2D eigenvalue weighted by Gasteiger charge is 2.32. The third kappa shape index (κ3) is 2.76. The Morgan fingerprint density at radius 2 is 2.05 bits per heavy atom. The molecular weight excluding hydrogens is 239 g/mol. The van der Waals surface area contributed by atoms with Crippen molar-refractivity contribution in [1.82, 2.24) is 4.90 Å². The summed E-state index contributed by atoms with van der Waals surface area (Å²) < 4.78 is 13.6. The van der Waals surface area contributed by atoms with E-state index in [0.29, 0.717) is 12.1 Å². The van der Waals surface area contributed by atoms with Gasteiger partial charge in [0.05, 0.1) is 0 Å². The summed E-state index contributed by atoms with van der Waals surface area (Å²) in [6, 6.07) is 6.15. The molecule has 0 radical (unpaired) electrons. The Morgan fingerprint density at radius 1 is 1.32 bits per heavy atom. The Balaban J connectivity index is 2.46. The summed E-state index contributed by atoms with van der Waals surface area (Å²) in [6.07, 6.45) is 3.35. The lowest BCUT2D eigenvalue weighted by Crippen LogP contribution is -2.43. The molecule has 2 nitrogen and oxygen atoms in total. The van der Waals surface area contributed by atoms with Gasteiger partial charge in [-0.2, -0.15) is 0 Å². The van der Waals surface area contributed by atoms with Crippen LogP contribution in [0.3, 0.4) is 0 Å². The normalized spacial score (nSPS) is 22.7. The van der Waals surface area contributed by atoms with E-state index in [1.165, 1.54) is 5.69 Å². The van der Waals surface area contributed by atoms with Gasteiger partial charge in [0.2, 0.25) is 0 Å². The number of hydrogen-bond donors (Lipinski definition) is 0. The van der Waals surface area contributed by atoms with E-state index < -0.39 is 0 Å². The predicted octanol–water partition coefficient (Wildman–Crippen LogP) is 3.83. The SMILES string of the molecule is CCCN1c2ccc(F)cc2[C@@H](N(C)C)C[C@H]1CC. The third-order valence-electron chi connectivity index (χ3n) is 4.15. The summed E-state index contributed by atoms with van der Waals surface area (Å²) in [5, 5.41) is 0. The molecule has 19 heavy (non-hydrogen) atoms. The second-order valence-corrected chi connectivity index (χ2v) is 5.67. The van der Waals surface area contributed by atoms with Gasteiger partial charge in [-0.1, -0.05) is 13.8 Å². The number of anilines is 1. The molecule has 1 aromatic rings. The van der Waals surface area contributed by atoms with Gasteiger partial charge in [-0.3, -0.25) is 0 Å². The predicted molar refractivity (Wildman–Crippen MR) is 79.2 cm³/mol. The van der Waals surface area contributed by atoms with E-state index in [1.54, 1.807) is 12.1 Å². The van der Waals surface area contributed by atoms with Gasteiger partial charge < -0.3 is 9.80 Å². The van der Waals surface area contributed by atoms with E-state index in [0.717, 1.165) is 31.4 Å². The minimum atomic E-state index is -0.128. The van der Waals surface area contributed by atoms with Crippen molar-refractivity contribution in [1.29, 1.82) is 0 Å². The zero-order chi connectivity index (χ0) is 14.0. The molecule has 0 N–H and O–H groups in total. The minimum Gasteiger partial charge on any atom is -0.368 e. The van der Waals surface area contributed by atoms with Crippen molar-refractivity contribution < 1.29 is 4.39 Å². The van der Waals surface area contributed by atoms with Gasteiger partial charge >= 0.3 is 0 Å². The molecule has 1 heterocycles. The lowest BCUT2D eigenvalue weighted by atomic mass is 9.89. The smallest absolute Gasteiger partial charge is 0.123 e. The van der Waals surface area contributed by atoms with Gasteiger partial charge in [0.1, 0.15) is 5.82 Å². The van der Waals surface area contributed by atoms with Crippen LogP contribution in [0.4, 0.5) is 10.1 Å². The summed E-state index contributed by atoms with van der Waals surface area (Å²) in [5.41, 5.74) is 2.36. The Bertz CT molecular complexity index is 431.